The monoisotopic (exact) mass is 483 g/mol. The molecule has 0 saturated carbocycles. The second-order valence-corrected chi connectivity index (χ2v) is 9.19. The van der Waals surface area contributed by atoms with Crippen LogP contribution in [0.25, 0.3) is 0 Å². The van der Waals surface area contributed by atoms with Crippen LogP contribution in [0.15, 0.2) is 52.6 Å². The molecule has 1 amide bonds. The van der Waals surface area contributed by atoms with E-state index in [0.29, 0.717) is 40.5 Å². The van der Waals surface area contributed by atoms with E-state index in [1.54, 1.807) is 14.2 Å². The van der Waals surface area contributed by atoms with Crippen molar-refractivity contribution in [3.8, 4) is 5.75 Å². The number of benzene rings is 2. The van der Waals surface area contributed by atoms with E-state index in [4.69, 9.17) is 4.74 Å². The molecule has 2 aromatic carbocycles. The molecule has 2 unspecified atom stereocenters. The number of rotatable bonds is 3. The third-order valence-corrected chi connectivity index (χ3v) is 6.20. The van der Waals surface area contributed by atoms with Crippen LogP contribution in [-0.2, 0) is 12.8 Å². The fourth-order valence-electron chi connectivity index (χ4n) is 4.61. The summed E-state index contributed by atoms with van der Waals surface area (Å²) in [6.45, 7) is 4.23. The van der Waals surface area contributed by atoms with Gasteiger partial charge in [0.1, 0.15) is 11.4 Å². The van der Waals surface area contributed by atoms with E-state index < -0.39 is 0 Å². The largest absolute Gasteiger partial charge is 0.494 e. The van der Waals surface area contributed by atoms with Crippen LogP contribution >= 0.6 is 0 Å². The molecule has 1 aromatic heterocycles. The highest BCUT2D eigenvalue weighted by molar-refractivity contribution is 6.10. The van der Waals surface area contributed by atoms with Crippen molar-refractivity contribution in [1.29, 1.82) is 0 Å². The number of amidine groups is 1. The summed E-state index contributed by atoms with van der Waals surface area (Å²) in [5.74, 6) is 2.03. The quantitative estimate of drug-likeness (QED) is 0.512. The summed E-state index contributed by atoms with van der Waals surface area (Å²) in [6, 6.07) is 12.4. The van der Waals surface area contributed by atoms with Crippen molar-refractivity contribution < 1.29 is 9.53 Å². The van der Waals surface area contributed by atoms with Gasteiger partial charge in [-0.3, -0.25) is 9.79 Å². The first-order valence-corrected chi connectivity index (χ1v) is 12.0. The number of nitrogens with one attached hydrogen (secondary N) is 3. The Kier molecular flexibility index (Phi) is 6.37. The van der Waals surface area contributed by atoms with Crippen molar-refractivity contribution in [2.75, 3.05) is 24.8 Å². The van der Waals surface area contributed by atoms with Crippen LogP contribution in [0, 0.1) is 5.92 Å². The first-order chi connectivity index (χ1) is 17.4. The summed E-state index contributed by atoms with van der Waals surface area (Å²) in [5, 5.41) is 9.29. The minimum absolute atomic E-state index is 0.00387. The summed E-state index contributed by atoms with van der Waals surface area (Å²) < 4.78 is 5.85. The van der Waals surface area contributed by atoms with Gasteiger partial charge in [-0.2, -0.15) is 4.98 Å². The van der Waals surface area contributed by atoms with Gasteiger partial charge in [0.15, 0.2) is 11.6 Å². The third-order valence-electron chi connectivity index (χ3n) is 6.20. The summed E-state index contributed by atoms with van der Waals surface area (Å²) >= 11 is 0. The molecule has 36 heavy (non-hydrogen) atoms. The number of carbonyl (C=O) groups is 1. The molecule has 0 radical (unpaired) electrons. The zero-order valence-electron chi connectivity index (χ0n) is 20.8. The summed E-state index contributed by atoms with van der Waals surface area (Å²) in [5.41, 5.74) is 5.02. The molecule has 6 bridgehead atoms. The van der Waals surface area contributed by atoms with Crippen LogP contribution in [0.4, 0.5) is 23.1 Å². The lowest BCUT2D eigenvalue weighted by Crippen LogP contribution is -2.20. The zero-order valence-corrected chi connectivity index (χ0v) is 20.8. The smallest absolute Gasteiger partial charge is 0.256 e. The molecule has 2 atom stereocenters. The van der Waals surface area contributed by atoms with Gasteiger partial charge in [0.25, 0.3) is 5.91 Å². The van der Waals surface area contributed by atoms with Gasteiger partial charge in [-0.05, 0) is 61.1 Å². The Labute approximate surface area is 210 Å². The van der Waals surface area contributed by atoms with E-state index in [9.17, 15) is 4.79 Å². The molecule has 2 aliphatic rings. The first-order valence-electron chi connectivity index (χ1n) is 12.0. The van der Waals surface area contributed by atoms with Crippen molar-refractivity contribution in [3.63, 3.8) is 0 Å². The molecule has 184 valence electrons. The topological polar surface area (TPSA) is 113 Å². The first kappa shape index (κ1) is 23.5. The van der Waals surface area contributed by atoms with Crippen LogP contribution in [0.1, 0.15) is 40.9 Å². The highest BCUT2D eigenvalue weighted by Crippen LogP contribution is 2.36. The van der Waals surface area contributed by atoms with Crippen LogP contribution in [0.5, 0.6) is 5.75 Å². The predicted molar refractivity (Wildman–Crippen MR) is 142 cm³/mol. The van der Waals surface area contributed by atoms with E-state index in [2.05, 4.69) is 61.0 Å². The predicted octanol–water partition coefficient (Wildman–Crippen LogP) is 4.29. The standard InChI is InChI=1S/C27H29N7O2/c1-15-8-17-6-5-7-19(10-17)32-27-30-14-21(26(35)28-3)25(34-27)33-22-12-18(9-15)11-20(23(22)36-4)24-29-13-16(2)31-24/h5-7,10-16H,8-9H2,1-4H3,(H,28,35)(H2,30,32,33,34). The van der Waals surface area contributed by atoms with E-state index in [-0.39, 0.29) is 11.9 Å². The van der Waals surface area contributed by atoms with Crippen molar-refractivity contribution in [2.45, 2.75) is 32.7 Å². The minimum atomic E-state index is -0.297. The normalized spacial score (nSPS) is 18.4. The molecule has 9 nitrogen and oxygen atoms in total. The summed E-state index contributed by atoms with van der Waals surface area (Å²) in [4.78, 5) is 30.9. The van der Waals surface area contributed by atoms with Gasteiger partial charge in [0.05, 0.1) is 24.4 Å². The fraction of sp³-hybridized carbons (Fsp3) is 0.296. The maximum atomic E-state index is 12.7. The molecular formula is C27H29N7O2. The van der Waals surface area contributed by atoms with Crippen molar-refractivity contribution >= 4 is 41.1 Å². The van der Waals surface area contributed by atoms with Crippen molar-refractivity contribution in [1.82, 2.24) is 15.3 Å². The average Bonchev–Trinajstić information content (AvgIpc) is 3.29. The number of nitrogens with zero attached hydrogens (tertiary/aromatic N) is 4. The van der Waals surface area contributed by atoms with Gasteiger partial charge in [0, 0.05) is 25.1 Å². The zero-order chi connectivity index (χ0) is 25.2. The highest BCUT2D eigenvalue weighted by atomic mass is 16.5. The number of amides is 1. The minimum Gasteiger partial charge on any atom is -0.494 e. The average molecular weight is 484 g/mol. The molecule has 3 N–H and O–H groups in total. The Morgan fingerprint density at radius 1 is 1.11 bits per heavy atom. The van der Waals surface area contributed by atoms with E-state index in [1.807, 2.05) is 31.3 Å². The SMILES string of the molecule is CNC(=O)c1cnc2nc1Nc1cc(cc(C3=NC(C)C=N3)c1OC)CC(C)Cc1cccc(c1)N2. The van der Waals surface area contributed by atoms with Gasteiger partial charge < -0.3 is 20.7 Å². The molecule has 0 spiro atoms. The number of aliphatic imine (C=N–C) groups is 2. The third kappa shape index (κ3) is 4.77. The number of ether oxygens (including phenoxy) is 1. The summed E-state index contributed by atoms with van der Waals surface area (Å²) in [7, 11) is 3.19. The van der Waals surface area contributed by atoms with Crippen LogP contribution in [-0.4, -0.2) is 48.1 Å². The van der Waals surface area contributed by atoms with Crippen LogP contribution < -0.4 is 20.7 Å². The lowest BCUT2D eigenvalue weighted by atomic mass is 9.92. The number of anilines is 4. The second kappa shape index (κ2) is 9.77. The highest BCUT2D eigenvalue weighted by Gasteiger charge is 2.23. The van der Waals surface area contributed by atoms with Gasteiger partial charge in [-0.1, -0.05) is 19.1 Å². The Morgan fingerprint density at radius 2 is 1.94 bits per heavy atom. The van der Waals surface area contributed by atoms with Crippen molar-refractivity contribution in [2.24, 2.45) is 15.9 Å². The molecular weight excluding hydrogens is 454 g/mol. The molecule has 2 aliphatic heterocycles. The second-order valence-electron chi connectivity index (χ2n) is 9.19. The molecule has 3 aromatic rings. The number of carbonyl (C=O) groups excluding carboxylic acids is 1. The van der Waals surface area contributed by atoms with Gasteiger partial charge in [0.2, 0.25) is 5.95 Å². The summed E-state index contributed by atoms with van der Waals surface area (Å²) in [6.07, 6.45) is 5.09. The van der Waals surface area contributed by atoms with E-state index in [1.165, 1.54) is 11.8 Å². The Bertz CT molecular complexity index is 1380. The number of fused-ring (bicyclic) bond motifs is 6. The Hall–Kier alpha value is -4.27. The lowest BCUT2D eigenvalue weighted by Gasteiger charge is -2.20. The van der Waals surface area contributed by atoms with Gasteiger partial charge in [-0.15, -0.1) is 0 Å². The fourth-order valence-corrected chi connectivity index (χ4v) is 4.61. The van der Waals surface area contributed by atoms with Gasteiger partial charge >= 0.3 is 0 Å². The molecule has 0 saturated heterocycles. The van der Waals surface area contributed by atoms with Crippen LogP contribution in [0.2, 0.25) is 0 Å². The van der Waals surface area contributed by atoms with Crippen LogP contribution in [0.3, 0.4) is 0 Å². The van der Waals surface area contributed by atoms with Gasteiger partial charge in [-0.25, -0.2) is 9.98 Å². The number of methoxy groups -OCH3 is 1. The Morgan fingerprint density at radius 3 is 2.69 bits per heavy atom. The number of hydrogen-bond acceptors (Lipinski definition) is 8. The molecule has 0 fully saturated rings. The number of aromatic nitrogens is 2. The lowest BCUT2D eigenvalue weighted by molar-refractivity contribution is 0.0963. The maximum absolute atomic E-state index is 12.7. The molecule has 0 aliphatic carbocycles. The Balaban J connectivity index is 1.70. The van der Waals surface area contributed by atoms with E-state index in [0.717, 1.165) is 29.7 Å². The molecule has 9 heteroatoms. The maximum Gasteiger partial charge on any atom is 0.256 e. The number of hydrogen-bond donors (Lipinski definition) is 3. The van der Waals surface area contributed by atoms with Crippen molar-refractivity contribution in [3.05, 3.63) is 64.8 Å². The molecule has 5 rings (SSSR count). The molecule has 3 heterocycles. The van der Waals surface area contributed by atoms with E-state index >= 15 is 0 Å².